The molecule has 0 spiro atoms. The summed E-state index contributed by atoms with van der Waals surface area (Å²) in [4.78, 5) is 34.5. The van der Waals surface area contributed by atoms with Crippen LogP contribution < -0.4 is 16.1 Å². The maximum absolute atomic E-state index is 13.3. The number of fused-ring (bicyclic) bond motifs is 1. The molecule has 36 heavy (non-hydrogen) atoms. The number of piperazine rings is 1. The molecule has 0 aliphatic carbocycles. The highest BCUT2D eigenvalue weighted by Gasteiger charge is 2.29. The Morgan fingerprint density at radius 2 is 1.61 bits per heavy atom. The van der Waals surface area contributed by atoms with Crippen LogP contribution in [0.1, 0.15) is 30.0 Å². The van der Waals surface area contributed by atoms with E-state index in [0.29, 0.717) is 56.8 Å². The third-order valence-corrected chi connectivity index (χ3v) is 8.67. The monoisotopic (exact) mass is 507 g/mol. The molecule has 2 aliphatic rings. The van der Waals surface area contributed by atoms with E-state index in [1.54, 1.807) is 24.3 Å². The molecule has 0 unspecified atom stereocenters. The van der Waals surface area contributed by atoms with Gasteiger partial charge in [0.25, 0.3) is 5.56 Å². The van der Waals surface area contributed by atoms with Crippen LogP contribution >= 0.6 is 0 Å². The van der Waals surface area contributed by atoms with E-state index >= 15 is 0 Å². The van der Waals surface area contributed by atoms with Crippen LogP contribution in [-0.4, -0.2) is 54.2 Å². The quantitative estimate of drug-likeness (QED) is 0.552. The number of anilines is 1. The lowest BCUT2D eigenvalue weighted by atomic mass is 10.1. The molecule has 0 radical (unpaired) electrons. The first-order valence-corrected chi connectivity index (χ1v) is 13.6. The summed E-state index contributed by atoms with van der Waals surface area (Å²) in [5, 5.41) is 0. The van der Waals surface area contributed by atoms with Gasteiger partial charge in [0.1, 0.15) is 5.82 Å². The van der Waals surface area contributed by atoms with Gasteiger partial charge in [0, 0.05) is 44.8 Å². The summed E-state index contributed by atoms with van der Waals surface area (Å²) in [6.45, 7) is 6.38. The van der Waals surface area contributed by atoms with Crippen LogP contribution in [0, 0.1) is 6.92 Å². The summed E-state index contributed by atoms with van der Waals surface area (Å²) >= 11 is 0. The van der Waals surface area contributed by atoms with E-state index in [1.165, 1.54) is 14.4 Å². The first-order valence-electron chi connectivity index (χ1n) is 12.1. The predicted molar refractivity (Wildman–Crippen MR) is 140 cm³/mol. The Balaban J connectivity index is 1.30. The van der Waals surface area contributed by atoms with Crippen molar-refractivity contribution in [1.29, 1.82) is 0 Å². The first kappa shape index (κ1) is 24.2. The standard InChI is InChI=1S/C26H29N5O4S/c1-3-12-31-25(32)22-17-23(27-24(22)28-26(31)33)19-6-10-21(11-7-19)36(34,35)30-15-13-29(14-16-30)20-8-4-18(2)5-9-20/h4-11H,3,12-17H2,1-2H3,(H,28,33). The molecule has 0 bridgehead atoms. The number of benzene rings is 2. The molecule has 1 saturated heterocycles. The van der Waals surface area contributed by atoms with Gasteiger partial charge in [0.05, 0.1) is 16.2 Å². The van der Waals surface area contributed by atoms with Crippen molar-refractivity contribution in [3.05, 3.63) is 86.1 Å². The van der Waals surface area contributed by atoms with Gasteiger partial charge in [-0.25, -0.2) is 18.2 Å². The summed E-state index contributed by atoms with van der Waals surface area (Å²) in [6, 6.07) is 14.8. The van der Waals surface area contributed by atoms with E-state index in [2.05, 4.69) is 39.1 Å². The van der Waals surface area contributed by atoms with Crippen LogP contribution in [0.5, 0.6) is 0 Å². The third kappa shape index (κ3) is 4.42. The highest BCUT2D eigenvalue weighted by molar-refractivity contribution is 7.89. The molecule has 10 heteroatoms. The Morgan fingerprint density at radius 1 is 0.944 bits per heavy atom. The number of rotatable bonds is 6. The summed E-state index contributed by atoms with van der Waals surface area (Å²) in [6.07, 6.45) is 0.966. The average Bonchev–Trinajstić information content (AvgIpc) is 3.31. The van der Waals surface area contributed by atoms with E-state index < -0.39 is 15.7 Å². The van der Waals surface area contributed by atoms with Crippen molar-refractivity contribution in [2.75, 3.05) is 31.1 Å². The number of aliphatic imine (C=N–C) groups is 1. The summed E-state index contributed by atoms with van der Waals surface area (Å²) in [5.74, 6) is 0.287. The maximum Gasteiger partial charge on any atom is 0.329 e. The predicted octanol–water partition coefficient (Wildman–Crippen LogP) is 2.44. The van der Waals surface area contributed by atoms with E-state index in [9.17, 15) is 18.0 Å². The second-order valence-corrected chi connectivity index (χ2v) is 11.1. The number of sulfonamides is 1. The van der Waals surface area contributed by atoms with Crippen LogP contribution in [-0.2, 0) is 23.0 Å². The molecule has 5 rings (SSSR count). The van der Waals surface area contributed by atoms with Gasteiger partial charge in [-0.05, 0) is 43.2 Å². The van der Waals surface area contributed by atoms with Gasteiger partial charge < -0.3 is 4.90 Å². The van der Waals surface area contributed by atoms with Crippen molar-refractivity contribution < 1.29 is 8.42 Å². The molecule has 1 N–H and O–H groups in total. The minimum atomic E-state index is -3.63. The molecule has 2 aromatic carbocycles. The Hall–Kier alpha value is -3.50. The Labute approximate surface area is 209 Å². The third-order valence-electron chi connectivity index (χ3n) is 6.76. The van der Waals surface area contributed by atoms with Gasteiger partial charge in [-0.2, -0.15) is 4.31 Å². The molecule has 2 aliphatic heterocycles. The number of H-pyrrole nitrogens is 1. The molecule has 1 aromatic heterocycles. The number of aromatic amines is 1. The number of aromatic nitrogens is 2. The van der Waals surface area contributed by atoms with Crippen LogP contribution in [0.3, 0.4) is 0 Å². The van der Waals surface area contributed by atoms with Crippen molar-refractivity contribution in [3.63, 3.8) is 0 Å². The Kier molecular flexibility index (Phi) is 6.40. The zero-order chi connectivity index (χ0) is 25.4. The number of hydrogen-bond acceptors (Lipinski definition) is 6. The van der Waals surface area contributed by atoms with E-state index in [-0.39, 0.29) is 16.3 Å². The van der Waals surface area contributed by atoms with Crippen LogP contribution in [0.2, 0.25) is 0 Å². The van der Waals surface area contributed by atoms with E-state index in [0.717, 1.165) is 11.3 Å². The lowest BCUT2D eigenvalue weighted by molar-refractivity contribution is 0.385. The normalized spacial score (nSPS) is 16.2. The second kappa shape index (κ2) is 9.51. The fraction of sp³-hybridized carbons (Fsp3) is 0.346. The lowest BCUT2D eigenvalue weighted by Crippen LogP contribution is -2.48. The summed E-state index contributed by atoms with van der Waals surface area (Å²) in [7, 11) is -3.63. The topological polar surface area (TPSA) is 108 Å². The highest BCUT2D eigenvalue weighted by atomic mass is 32.2. The zero-order valence-corrected chi connectivity index (χ0v) is 21.2. The van der Waals surface area contributed by atoms with E-state index in [4.69, 9.17) is 0 Å². The van der Waals surface area contributed by atoms with Crippen LogP contribution in [0.25, 0.3) is 0 Å². The molecular weight excluding hydrogens is 478 g/mol. The number of hydrogen-bond donors (Lipinski definition) is 1. The second-order valence-electron chi connectivity index (χ2n) is 9.20. The maximum atomic E-state index is 13.3. The number of nitrogens with one attached hydrogen (secondary N) is 1. The first-order chi connectivity index (χ1) is 17.3. The lowest BCUT2D eigenvalue weighted by Gasteiger charge is -2.35. The van der Waals surface area contributed by atoms with Gasteiger partial charge in [-0.15, -0.1) is 0 Å². The van der Waals surface area contributed by atoms with Crippen molar-refractivity contribution in [2.24, 2.45) is 4.99 Å². The van der Waals surface area contributed by atoms with Crippen LogP contribution in [0.4, 0.5) is 11.5 Å². The molecule has 0 atom stereocenters. The highest BCUT2D eigenvalue weighted by Crippen LogP contribution is 2.25. The smallest absolute Gasteiger partial charge is 0.329 e. The van der Waals surface area contributed by atoms with Gasteiger partial charge in [0.15, 0.2) is 0 Å². The average molecular weight is 508 g/mol. The van der Waals surface area contributed by atoms with Crippen molar-refractivity contribution in [1.82, 2.24) is 13.9 Å². The minimum Gasteiger partial charge on any atom is -0.369 e. The minimum absolute atomic E-state index is 0.227. The summed E-state index contributed by atoms with van der Waals surface area (Å²) in [5.41, 5.74) is 3.31. The largest absolute Gasteiger partial charge is 0.369 e. The number of aryl methyl sites for hydroxylation is 1. The van der Waals surface area contributed by atoms with Crippen LogP contribution in [0.15, 0.2) is 68.0 Å². The number of nitrogens with zero attached hydrogens (tertiary/aromatic N) is 4. The Bertz CT molecular complexity index is 1530. The molecule has 9 nitrogen and oxygen atoms in total. The molecular formula is C26H29N5O4S. The molecule has 188 valence electrons. The molecule has 3 aromatic rings. The SMILES string of the molecule is CCCn1c(=O)[nH]c2c(c1=O)CC(c1ccc(S(=O)(=O)N3CCN(c4ccc(C)cc4)CC3)cc1)=N2. The van der Waals surface area contributed by atoms with Gasteiger partial charge in [-0.3, -0.25) is 14.3 Å². The summed E-state index contributed by atoms with van der Waals surface area (Å²) < 4.78 is 29.2. The van der Waals surface area contributed by atoms with Crippen molar-refractivity contribution in [3.8, 4) is 0 Å². The fourth-order valence-electron chi connectivity index (χ4n) is 4.70. The van der Waals surface area contributed by atoms with E-state index in [1.807, 2.05) is 13.8 Å². The molecule has 0 amide bonds. The van der Waals surface area contributed by atoms with Gasteiger partial charge in [0.2, 0.25) is 10.0 Å². The molecule has 1 fully saturated rings. The van der Waals surface area contributed by atoms with Crippen molar-refractivity contribution >= 4 is 27.2 Å². The van der Waals surface area contributed by atoms with Gasteiger partial charge in [-0.1, -0.05) is 36.8 Å². The Morgan fingerprint density at radius 3 is 2.25 bits per heavy atom. The molecule has 0 saturated carbocycles. The van der Waals surface area contributed by atoms with Gasteiger partial charge >= 0.3 is 5.69 Å². The molecule has 3 heterocycles. The fourth-order valence-corrected chi connectivity index (χ4v) is 6.12. The van der Waals surface area contributed by atoms with Crippen molar-refractivity contribution in [2.45, 2.75) is 38.1 Å². The zero-order valence-electron chi connectivity index (χ0n) is 20.4.